The van der Waals surface area contributed by atoms with E-state index >= 15 is 0 Å². The molecule has 1 heterocycles. The minimum absolute atomic E-state index is 0.171. The molecule has 0 fully saturated rings. The molecule has 5 aromatic carbocycles. The second-order valence-corrected chi connectivity index (χ2v) is 9.05. The Labute approximate surface area is 194 Å². The van der Waals surface area contributed by atoms with Crippen molar-refractivity contribution in [2.75, 3.05) is 0 Å². The number of nitrogens with zero attached hydrogens (tertiary/aromatic N) is 1. The van der Waals surface area contributed by atoms with Gasteiger partial charge < -0.3 is 4.57 Å². The van der Waals surface area contributed by atoms with Crippen LogP contribution in [0.2, 0.25) is 0 Å². The first-order chi connectivity index (χ1) is 17.7. The first-order valence-corrected chi connectivity index (χ1v) is 10.9. The smallest absolute Gasteiger partial charge is 0.0645 e. The third-order valence-corrected chi connectivity index (χ3v) is 7.05. The summed E-state index contributed by atoms with van der Waals surface area (Å²) < 4.78 is 44.1. The van der Waals surface area contributed by atoms with Crippen LogP contribution in [0.1, 0.15) is 31.8 Å². The van der Waals surface area contributed by atoms with Crippen molar-refractivity contribution in [1.29, 1.82) is 0 Å². The van der Waals surface area contributed by atoms with Gasteiger partial charge in [0.15, 0.2) is 0 Å². The number of hydrogen-bond donors (Lipinski definition) is 0. The molecule has 0 aliphatic heterocycles. The van der Waals surface area contributed by atoms with E-state index in [4.69, 9.17) is 6.85 Å². The van der Waals surface area contributed by atoms with Gasteiger partial charge in [0, 0.05) is 27.4 Å². The first kappa shape index (κ1) is 13.5. The lowest BCUT2D eigenvalue weighted by molar-refractivity contribution is 0.645. The van der Waals surface area contributed by atoms with Gasteiger partial charge in [-0.15, -0.1) is 0 Å². The van der Waals surface area contributed by atoms with Crippen molar-refractivity contribution >= 4 is 32.6 Å². The maximum atomic E-state index is 8.74. The Kier molecular flexibility index (Phi) is 2.59. The van der Waals surface area contributed by atoms with Crippen LogP contribution in [0, 0.1) is 0 Å². The molecule has 1 heteroatoms. The summed E-state index contributed by atoms with van der Waals surface area (Å²) in [4.78, 5) is 0. The molecular weight excluding hydrogens is 386 g/mol. The monoisotopic (exact) mass is 414 g/mol. The molecule has 0 bridgehead atoms. The summed E-state index contributed by atoms with van der Waals surface area (Å²) >= 11 is 0. The van der Waals surface area contributed by atoms with Crippen LogP contribution in [0.5, 0.6) is 0 Å². The van der Waals surface area contributed by atoms with Gasteiger partial charge >= 0.3 is 0 Å². The van der Waals surface area contributed by atoms with Crippen molar-refractivity contribution < 1.29 is 6.85 Å². The molecule has 6 aromatic rings. The van der Waals surface area contributed by atoms with Crippen LogP contribution in [0.15, 0.2) is 103 Å². The van der Waals surface area contributed by atoms with Gasteiger partial charge in [0.2, 0.25) is 0 Å². The average molecular weight is 415 g/mol. The Morgan fingerprint density at radius 3 is 2.34 bits per heavy atom. The van der Waals surface area contributed by atoms with Crippen molar-refractivity contribution in [2.45, 2.75) is 19.3 Å². The van der Waals surface area contributed by atoms with Gasteiger partial charge in [0.1, 0.15) is 0 Å². The molecule has 0 amide bonds. The summed E-state index contributed by atoms with van der Waals surface area (Å²) in [7, 11) is 0. The maximum Gasteiger partial charge on any atom is 0.0645 e. The summed E-state index contributed by atoms with van der Waals surface area (Å²) in [6.45, 7) is 4.54. The van der Waals surface area contributed by atoms with Gasteiger partial charge in [-0.05, 0) is 51.7 Å². The van der Waals surface area contributed by atoms with Crippen molar-refractivity contribution in [3.8, 4) is 16.8 Å². The Balaban J connectivity index is 1.79. The Morgan fingerprint density at radius 1 is 0.719 bits per heavy atom. The van der Waals surface area contributed by atoms with E-state index in [0.29, 0.717) is 0 Å². The van der Waals surface area contributed by atoms with E-state index in [9.17, 15) is 0 Å². The van der Waals surface area contributed by atoms with Crippen LogP contribution < -0.4 is 0 Å². The fourth-order valence-corrected chi connectivity index (χ4v) is 5.68. The SMILES string of the molecule is [2H]c1c([2H])c([2H])c(-n2c3ccccc3c3c4c5c(cccc5cc32)C(C)(C)c2ccccc2-4)c([2H])c1[2H]. The van der Waals surface area contributed by atoms with Crippen molar-refractivity contribution in [3.63, 3.8) is 0 Å². The third-order valence-electron chi connectivity index (χ3n) is 7.05. The molecule has 1 aliphatic rings. The third kappa shape index (κ3) is 2.13. The quantitative estimate of drug-likeness (QED) is 0.255. The van der Waals surface area contributed by atoms with Crippen molar-refractivity contribution in [3.05, 3.63) is 114 Å². The number of fused-ring (bicyclic) bond motifs is 6. The average Bonchev–Trinajstić information content (AvgIpc) is 3.22. The van der Waals surface area contributed by atoms with E-state index in [1.807, 2.05) is 22.8 Å². The fraction of sp³-hybridized carbons (Fsp3) is 0.0968. The minimum Gasteiger partial charge on any atom is -0.309 e. The summed E-state index contributed by atoms with van der Waals surface area (Å²) in [5.41, 5.74) is 6.46. The standard InChI is InChI=1S/C31H23N/c1-31(2)24-16-8-6-14-22(24)30-28-20(11-10-17-25(28)31)19-27-29(30)23-15-7-9-18-26(23)32(27)21-12-4-3-5-13-21/h3-19H,1-2H3/i3D,4D,5D,12D,13D. The molecule has 1 aromatic heterocycles. The molecule has 0 radical (unpaired) electrons. The van der Waals surface area contributed by atoms with Crippen LogP contribution in [0.4, 0.5) is 0 Å². The predicted molar refractivity (Wildman–Crippen MR) is 136 cm³/mol. The highest BCUT2D eigenvalue weighted by Gasteiger charge is 2.34. The lowest BCUT2D eigenvalue weighted by atomic mass is 9.68. The first-order valence-electron chi connectivity index (χ1n) is 13.4. The molecule has 152 valence electrons. The van der Waals surface area contributed by atoms with E-state index in [-0.39, 0.29) is 41.3 Å². The second kappa shape index (κ2) is 6.11. The molecule has 0 N–H and O–H groups in total. The maximum absolute atomic E-state index is 8.74. The van der Waals surface area contributed by atoms with Gasteiger partial charge in [0.25, 0.3) is 0 Å². The van der Waals surface area contributed by atoms with Gasteiger partial charge in [-0.2, -0.15) is 0 Å². The second-order valence-electron chi connectivity index (χ2n) is 9.05. The number of hydrogen-bond acceptors (Lipinski definition) is 0. The molecule has 7 rings (SSSR count). The topological polar surface area (TPSA) is 4.93 Å². The van der Waals surface area contributed by atoms with E-state index in [2.05, 4.69) is 68.4 Å². The minimum atomic E-state index is -0.388. The van der Waals surface area contributed by atoms with Crippen LogP contribution in [0.3, 0.4) is 0 Å². The normalized spacial score (nSPS) is 16.4. The Hall–Kier alpha value is -3.84. The van der Waals surface area contributed by atoms with E-state index < -0.39 is 0 Å². The van der Waals surface area contributed by atoms with Gasteiger partial charge in [0.05, 0.1) is 17.9 Å². The summed E-state index contributed by atoms with van der Waals surface area (Å²) in [6, 6.07) is 23.5. The summed E-state index contributed by atoms with van der Waals surface area (Å²) in [6.07, 6.45) is 0. The molecule has 0 saturated heterocycles. The van der Waals surface area contributed by atoms with Gasteiger partial charge in [-0.1, -0.05) is 92.6 Å². The van der Waals surface area contributed by atoms with Crippen molar-refractivity contribution in [2.24, 2.45) is 0 Å². The summed E-state index contributed by atoms with van der Waals surface area (Å²) in [5, 5.41) is 4.30. The number of benzene rings is 5. The zero-order valence-electron chi connectivity index (χ0n) is 22.9. The molecule has 0 spiro atoms. The highest BCUT2D eigenvalue weighted by Crippen LogP contribution is 2.52. The highest BCUT2D eigenvalue weighted by molar-refractivity contribution is 6.24. The molecule has 1 nitrogen and oxygen atoms in total. The van der Waals surface area contributed by atoms with Crippen LogP contribution in [-0.4, -0.2) is 4.57 Å². The lowest BCUT2D eigenvalue weighted by Crippen LogP contribution is -2.23. The molecule has 0 saturated carbocycles. The largest absolute Gasteiger partial charge is 0.309 e. The van der Waals surface area contributed by atoms with Crippen LogP contribution >= 0.6 is 0 Å². The van der Waals surface area contributed by atoms with Gasteiger partial charge in [-0.3, -0.25) is 0 Å². The molecule has 1 aliphatic carbocycles. The van der Waals surface area contributed by atoms with E-state index in [0.717, 1.165) is 32.8 Å². The van der Waals surface area contributed by atoms with Crippen LogP contribution in [-0.2, 0) is 5.41 Å². The zero-order chi connectivity index (χ0) is 25.8. The Bertz CT molecular complexity index is 1940. The number of rotatable bonds is 1. The molecule has 32 heavy (non-hydrogen) atoms. The summed E-state index contributed by atoms with van der Waals surface area (Å²) in [5.74, 6) is 0. The Morgan fingerprint density at radius 2 is 1.47 bits per heavy atom. The van der Waals surface area contributed by atoms with Crippen LogP contribution in [0.25, 0.3) is 49.4 Å². The van der Waals surface area contributed by atoms with E-state index in [1.54, 1.807) is 0 Å². The molecular formula is C31H23N. The highest BCUT2D eigenvalue weighted by atomic mass is 15.0. The van der Waals surface area contributed by atoms with Gasteiger partial charge in [-0.25, -0.2) is 0 Å². The number of aromatic nitrogens is 1. The lowest BCUT2D eigenvalue weighted by Gasteiger charge is -2.35. The fourth-order valence-electron chi connectivity index (χ4n) is 5.68. The van der Waals surface area contributed by atoms with Crippen molar-refractivity contribution in [1.82, 2.24) is 4.57 Å². The molecule has 0 unspecified atom stereocenters. The number of para-hydroxylation sites is 2. The van der Waals surface area contributed by atoms with E-state index in [1.165, 1.54) is 22.1 Å². The zero-order valence-corrected chi connectivity index (χ0v) is 17.9. The predicted octanol–water partition coefficient (Wildman–Crippen LogP) is 8.24. The molecule has 0 atom stereocenters.